The van der Waals surface area contributed by atoms with Gasteiger partial charge in [-0.05, 0) is 52.1 Å². The summed E-state index contributed by atoms with van der Waals surface area (Å²) in [6, 6.07) is 13.9. The molecule has 0 aliphatic rings. The van der Waals surface area contributed by atoms with Crippen LogP contribution in [0.3, 0.4) is 0 Å². The Labute approximate surface area is 153 Å². The van der Waals surface area contributed by atoms with Gasteiger partial charge in [0.1, 0.15) is 10.8 Å². The third-order valence-electron chi connectivity index (χ3n) is 3.77. The molecule has 2 aromatic heterocycles. The maximum Gasteiger partial charge on any atom is 0.269 e. The van der Waals surface area contributed by atoms with E-state index in [4.69, 9.17) is 20.9 Å². The highest BCUT2D eigenvalue weighted by Crippen LogP contribution is 2.27. The highest BCUT2D eigenvalue weighted by Gasteiger charge is 2.11. The number of rotatable bonds is 4. The van der Waals surface area contributed by atoms with Gasteiger partial charge in [-0.1, -0.05) is 35.0 Å². The Balaban J connectivity index is 1.64. The summed E-state index contributed by atoms with van der Waals surface area (Å²) in [4.78, 5) is 4.35. The fourth-order valence-electron chi connectivity index (χ4n) is 2.50. The van der Waals surface area contributed by atoms with Crippen LogP contribution >= 0.6 is 22.9 Å². The van der Waals surface area contributed by atoms with Gasteiger partial charge < -0.3 is 9.26 Å². The van der Waals surface area contributed by atoms with Gasteiger partial charge >= 0.3 is 0 Å². The summed E-state index contributed by atoms with van der Waals surface area (Å²) < 4.78 is 10.5. The van der Waals surface area contributed by atoms with Crippen LogP contribution in [0.2, 0.25) is 0 Å². The van der Waals surface area contributed by atoms with Gasteiger partial charge in [0.15, 0.2) is 0 Å². The van der Waals surface area contributed by atoms with Gasteiger partial charge in [0.25, 0.3) is 5.89 Å². The van der Waals surface area contributed by atoms with E-state index in [0.717, 1.165) is 27.6 Å². The summed E-state index contributed by atoms with van der Waals surface area (Å²) in [5.74, 6) is 1.67. The Morgan fingerprint density at radius 2 is 2.00 bits per heavy atom. The fourth-order valence-corrected chi connectivity index (χ4v) is 3.33. The molecular weight excluding hydrogens is 356 g/mol. The highest BCUT2D eigenvalue weighted by molar-refractivity contribution is 7.08. The summed E-state index contributed by atoms with van der Waals surface area (Å²) >= 11 is 7.94. The molecule has 0 aliphatic heterocycles. The van der Waals surface area contributed by atoms with Crippen LogP contribution in [0.4, 0.5) is 0 Å². The van der Waals surface area contributed by atoms with E-state index in [2.05, 4.69) is 10.1 Å². The molecule has 2 heterocycles. The molecular formula is C19H13ClN2O2S. The first-order chi connectivity index (χ1) is 12.2. The second kappa shape index (κ2) is 6.70. The molecule has 0 unspecified atom stereocenters. The van der Waals surface area contributed by atoms with E-state index in [1.165, 1.54) is 0 Å². The van der Waals surface area contributed by atoms with Crippen molar-refractivity contribution in [1.29, 1.82) is 0 Å². The van der Waals surface area contributed by atoms with Crippen LogP contribution in [0.15, 0.2) is 57.7 Å². The lowest BCUT2D eigenvalue weighted by Gasteiger charge is -2.03. The quantitative estimate of drug-likeness (QED) is 0.463. The van der Waals surface area contributed by atoms with Crippen molar-refractivity contribution in [3.05, 3.63) is 64.7 Å². The van der Waals surface area contributed by atoms with Gasteiger partial charge in [-0.2, -0.15) is 16.3 Å². The van der Waals surface area contributed by atoms with Gasteiger partial charge in [-0.15, -0.1) is 0 Å². The molecule has 0 amide bonds. The van der Waals surface area contributed by atoms with E-state index in [1.807, 2.05) is 59.3 Å². The summed E-state index contributed by atoms with van der Waals surface area (Å²) in [5.41, 5.74) is 1.88. The topological polar surface area (TPSA) is 48.2 Å². The van der Waals surface area contributed by atoms with Crippen LogP contribution in [0.1, 0.15) is 11.5 Å². The molecule has 0 saturated heterocycles. The Morgan fingerprint density at radius 1 is 1.16 bits per heavy atom. The summed E-state index contributed by atoms with van der Waals surface area (Å²) in [7, 11) is 1.66. The van der Waals surface area contributed by atoms with Crippen LogP contribution in [-0.4, -0.2) is 17.3 Å². The molecule has 0 fully saturated rings. The number of nitrogens with zero attached hydrogens (tertiary/aromatic N) is 2. The SMILES string of the molecule is COc1ccc2cc(/C=C(\Cl)c3nc(-c4ccsc4)no3)ccc2c1. The fraction of sp³-hybridized carbons (Fsp3) is 0.0526. The Hall–Kier alpha value is -2.63. The number of methoxy groups -OCH3 is 1. The molecule has 6 heteroatoms. The minimum absolute atomic E-state index is 0.303. The lowest BCUT2D eigenvalue weighted by atomic mass is 10.1. The summed E-state index contributed by atoms with van der Waals surface area (Å²) in [6.07, 6.45) is 1.82. The smallest absolute Gasteiger partial charge is 0.269 e. The molecule has 2 aromatic carbocycles. The van der Waals surface area contributed by atoms with Crippen LogP contribution in [0, 0.1) is 0 Å². The average Bonchev–Trinajstić information content (AvgIpc) is 3.32. The normalized spacial score (nSPS) is 11.8. The monoisotopic (exact) mass is 368 g/mol. The third kappa shape index (κ3) is 3.29. The van der Waals surface area contributed by atoms with Crippen molar-refractivity contribution >= 4 is 44.8 Å². The van der Waals surface area contributed by atoms with Gasteiger partial charge in [0.05, 0.1) is 7.11 Å². The van der Waals surface area contributed by atoms with Crippen LogP contribution < -0.4 is 4.74 Å². The number of benzene rings is 2. The van der Waals surface area contributed by atoms with Crippen LogP contribution in [-0.2, 0) is 0 Å². The molecule has 4 rings (SSSR count). The molecule has 124 valence electrons. The number of fused-ring (bicyclic) bond motifs is 1. The first-order valence-electron chi connectivity index (χ1n) is 7.54. The van der Waals surface area contributed by atoms with E-state index in [0.29, 0.717) is 16.7 Å². The van der Waals surface area contributed by atoms with Gasteiger partial charge in [0.2, 0.25) is 5.82 Å². The number of halogens is 1. The molecule has 0 spiro atoms. The zero-order chi connectivity index (χ0) is 17.2. The Bertz CT molecular complexity index is 1050. The van der Waals surface area contributed by atoms with Crippen molar-refractivity contribution in [2.24, 2.45) is 0 Å². The Morgan fingerprint density at radius 3 is 2.80 bits per heavy atom. The third-order valence-corrected chi connectivity index (χ3v) is 4.73. The molecule has 0 saturated carbocycles. The highest BCUT2D eigenvalue weighted by atomic mass is 35.5. The first-order valence-corrected chi connectivity index (χ1v) is 8.87. The van der Waals surface area contributed by atoms with Crippen molar-refractivity contribution in [3.63, 3.8) is 0 Å². The maximum absolute atomic E-state index is 6.36. The second-order valence-electron chi connectivity index (χ2n) is 5.40. The predicted octanol–water partition coefficient (Wildman–Crippen LogP) is 5.70. The minimum Gasteiger partial charge on any atom is -0.497 e. The largest absolute Gasteiger partial charge is 0.497 e. The van der Waals surface area contributed by atoms with Crippen molar-refractivity contribution in [2.45, 2.75) is 0 Å². The number of hydrogen-bond donors (Lipinski definition) is 0. The Kier molecular flexibility index (Phi) is 4.26. The van der Waals surface area contributed by atoms with E-state index in [1.54, 1.807) is 18.4 Å². The summed E-state index contributed by atoms with van der Waals surface area (Å²) in [6.45, 7) is 0. The van der Waals surface area contributed by atoms with E-state index >= 15 is 0 Å². The maximum atomic E-state index is 6.36. The molecule has 0 N–H and O–H groups in total. The molecule has 0 aliphatic carbocycles. The van der Waals surface area contributed by atoms with Gasteiger partial charge in [-0.3, -0.25) is 0 Å². The minimum atomic E-state index is 0.303. The van der Waals surface area contributed by atoms with Crippen LogP contribution in [0.5, 0.6) is 5.75 Å². The molecule has 25 heavy (non-hydrogen) atoms. The lowest BCUT2D eigenvalue weighted by molar-refractivity contribution is 0.410. The predicted molar refractivity (Wildman–Crippen MR) is 102 cm³/mol. The van der Waals surface area contributed by atoms with E-state index < -0.39 is 0 Å². The zero-order valence-electron chi connectivity index (χ0n) is 13.3. The van der Waals surface area contributed by atoms with Crippen molar-refractivity contribution in [1.82, 2.24) is 10.1 Å². The van der Waals surface area contributed by atoms with Crippen molar-refractivity contribution in [3.8, 4) is 17.1 Å². The molecule has 0 bridgehead atoms. The summed E-state index contributed by atoms with van der Waals surface area (Å²) in [5, 5.41) is 10.5. The molecule has 0 radical (unpaired) electrons. The first kappa shape index (κ1) is 15.9. The van der Waals surface area contributed by atoms with Crippen LogP contribution in [0.25, 0.3) is 33.3 Å². The van der Waals surface area contributed by atoms with Gasteiger partial charge in [0, 0.05) is 10.9 Å². The van der Waals surface area contributed by atoms with E-state index in [9.17, 15) is 0 Å². The van der Waals surface area contributed by atoms with E-state index in [-0.39, 0.29) is 0 Å². The number of hydrogen-bond acceptors (Lipinski definition) is 5. The number of aromatic nitrogens is 2. The standard InChI is InChI=1S/C19H13ClN2O2S/c1-23-16-5-4-13-8-12(2-3-14(13)10-16)9-17(20)19-21-18(22-24-19)15-6-7-25-11-15/h2-11H,1H3/b17-9-. The lowest BCUT2D eigenvalue weighted by Crippen LogP contribution is -1.83. The molecule has 4 aromatic rings. The molecule has 0 atom stereocenters. The number of thiophene rings is 1. The van der Waals surface area contributed by atoms with Gasteiger partial charge in [-0.25, -0.2) is 0 Å². The molecule has 4 nitrogen and oxygen atoms in total. The number of ether oxygens (including phenoxy) is 1. The van der Waals surface area contributed by atoms with Crippen molar-refractivity contribution in [2.75, 3.05) is 7.11 Å². The zero-order valence-corrected chi connectivity index (χ0v) is 14.8. The van der Waals surface area contributed by atoms with Crippen molar-refractivity contribution < 1.29 is 9.26 Å². The average molecular weight is 369 g/mol. The second-order valence-corrected chi connectivity index (χ2v) is 6.59.